The number of rotatable bonds is 5. The molecule has 0 spiro atoms. The second-order valence-corrected chi connectivity index (χ2v) is 8.78. The van der Waals surface area contributed by atoms with Gasteiger partial charge in [-0.15, -0.1) is 0 Å². The Morgan fingerprint density at radius 1 is 0.800 bits per heavy atom. The highest BCUT2D eigenvalue weighted by Crippen LogP contribution is 2.39. The Hall–Kier alpha value is -1.90. The van der Waals surface area contributed by atoms with Gasteiger partial charge in [0.05, 0.1) is 5.69 Å². The van der Waals surface area contributed by atoms with E-state index in [9.17, 15) is 0 Å². The molecule has 2 N–H and O–H groups in total. The predicted octanol–water partition coefficient (Wildman–Crippen LogP) is 6.02. The van der Waals surface area contributed by atoms with E-state index >= 15 is 0 Å². The summed E-state index contributed by atoms with van der Waals surface area (Å²) in [6.45, 7) is 17.8. The van der Waals surface area contributed by atoms with Gasteiger partial charge in [-0.25, -0.2) is 0 Å². The van der Waals surface area contributed by atoms with E-state index in [1.54, 1.807) is 0 Å². The second-order valence-electron chi connectivity index (χ2n) is 8.78. The molecular formula is C22H35N3. The quantitative estimate of drug-likeness (QED) is 0.696. The van der Waals surface area contributed by atoms with Gasteiger partial charge < -0.3 is 10.6 Å². The SMILES string of the molecule is CCc1c(NC(C)(C)C)c(NC(C)(C)C)n(-c2ccccc2)c1CC. The fraction of sp³-hybridized carbons (Fsp3) is 0.545. The molecule has 25 heavy (non-hydrogen) atoms. The summed E-state index contributed by atoms with van der Waals surface area (Å²) in [5.41, 5.74) is 5.23. The van der Waals surface area contributed by atoms with Crippen molar-refractivity contribution in [3.63, 3.8) is 0 Å². The van der Waals surface area contributed by atoms with Crippen molar-refractivity contribution in [2.45, 2.75) is 79.3 Å². The molecule has 0 unspecified atom stereocenters. The van der Waals surface area contributed by atoms with Gasteiger partial charge in [0.25, 0.3) is 0 Å². The molecule has 2 aromatic rings. The van der Waals surface area contributed by atoms with Crippen molar-refractivity contribution in [2.24, 2.45) is 0 Å². The van der Waals surface area contributed by atoms with Gasteiger partial charge in [-0.2, -0.15) is 0 Å². The Bertz CT molecular complexity index is 698. The molecule has 1 aromatic heterocycles. The summed E-state index contributed by atoms with van der Waals surface area (Å²) in [7, 11) is 0. The average molecular weight is 342 g/mol. The first kappa shape index (κ1) is 19.4. The minimum atomic E-state index is -0.0186. The highest BCUT2D eigenvalue weighted by Gasteiger charge is 2.27. The Morgan fingerprint density at radius 2 is 1.36 bits per heavy atom. The summed E-state index contributed by atoms with van der Waals surface area (Å²) in [4.78, 5) is 0. The van der Waals surface area contributed by atoms with Crippen molar-refractivity contribution in [1.29, 1.82) is 0 Å². The van der Waals surface area contributed by atoms with E-state index in [1.165, 1.54) is 28.5 Å². The molecule has 0 aliphatic rings. The summed E-state index contributed by atoms with van der Waals surface area (Å²) in [5.74, 6) is 1.17. The molecule has 1 heterocycles. The summed E-state index contributed by atoms with van der Waals surface area (Å²) in [6, 6.07) is 10.7. The molecule has 2 rings (SSSR count). The highest BCUT2D eigenvalue weighted by molar-refractivity contribution is 5.76. The van der Waals surface area contributed by atoms with E-state index in [2.05, 4.69) is 101 Å². The van der Waals surface area contributed by atoms with Crippen LogP contribution in [0, 0.1) is 0 Å². The van der Waals surface area contributed by atoms with Gasteiger partial charge in [-0.3, -0.25) is 4.57 Å². The minimum Gasteiger partial charge on any atom is -0.377 e. The maximum Gasteiger partial charge on any atom is 0.135 e. The van der Waals surface area contributed by atoms with Crippen molar-refractivity contribution in [3.8, 4) is 5.69 Å². The lowest BCUT2D eigenvalue weighted by atomic mass is 10.0. The Kier molecular flexibility index (Phi) is 5.55. The first-order chi connectivity index (χ1) is 11.6. The molecule has 0 aliphatic heterocycles. The third kappa shape index (κ3) is 4.59. The van der Waals surface area contributed by atoms with Crippen LogP contribution in [0.3, 0.4) is 0 Å². The normalized spacial score (nSPS) is 12.3. The zero-order valence-corrected chi connectivity index (χ0v) is 17.2. The van der Waals surface area contributed by atoms with Crippen molar-refractivity contribution < 1.29 is 0 Å². The zero-order chi connectivity index (χ0) is 18.8. The fourth-order valence-electron chi connectivity index (χ4n) is 3.27. The standard InChI is InChI=1S/C22H35N3/c1-9-17-18(10-2)25(16-14-12-11-13-15-16)20(24-22(6,7)8)19(17)23-21(3,4)5/h11-15,23-24H,9-10H2,1-8H3. The van der Waals surface area contributed by atoms with Gasteiger partial charge in [0.2, 0.25) is 0 Å². The van der Waals surface area contributed by atoms with E-state index in [4.69, 9.17) is 0 Å². The summed E-state index contributed by atoms with van der Waals surface area (Å²) >= 11 is 0. The van der Waals surface area contributed by atoms with Crippen LogP contribution in [0.1, 0.15) is 66.6 Å². The molecule has 1 aromatic carbocycles. The first-order valence-electron chi connectivity index (χ1n) is 9.45. The minimum absolute atomic E-state index is 0.00607. The smallest absolute Gasteiger partial charge is 0.135 e. The summed E-state index contributed by atoms with van der Waals surface area (Å²) in [5, 5.41) is 7.54. The van der Waals surface area contributed by atoms with Gasteiger partial charge in [0, 0.05) is 22.5 Å². The number of hydrogen-bond acceptors (Lipinski definition) is 2. The third-order valence-electron chi connectivity index (χ3n) is 4.08. The number of para-hydroxylation sites is 1. The van der Waals surface area contributed by atoms with Gasteiger partial charge in [-0.05, 0) is 72.1 Å². The second kappa shape index (κ2) is 7.15. The van der Waals surface area contributed by atoms with Gasteiger partial charge in [0.1, 0.15) is 5.82 Å². The number of nitrogens with one attached hydrogen (secondary N) is 2. The fourth-order valence-corrected chi connectivity index (χ4v) is 3.27. The van der Waals surface area contributed by atoms with E-state index in [0.717, 1.165) is 12.8 Å². The van der Waals surface area contributed by atoms with Crippen LogP contribution in [0.4, 0.5) is 11.5 Å². The molecule has 3 heteroatoms. The Labute approximate surface area is 153 Å². The molecule has 0 aliphatic carbocycles. The maximum absolute atomic E-state index is 3.77. The van der Waals surface area contributed by atoms with E-state index < -0.39 is 0 Å². The third-order valence-corrected chi connectivity index (χ3v) is 4.08. The van der Waals surface area contributed by atoms with Crippen LogP contribution >= 0.6 is 0 Å². The van der Waals surface area contributed by atoms with E-state index in [-0.39, 0.29) is 11.1 Å². The Morgan fingerprint density at radius 3 is 1.80 bits per heavy atom. The topological polar surface area (TPSA) is 29.0 Å². The van der Waals surface area contributed by atoms with Crippen LogP contribution in [0.25, 0.3) is 5.69 Å². The Balaban J connectivity index is 2.79. The predicted molar refractivity (Wildman–Crippen MR) is 111 cm³/mol. The monoisotopic (exact) mass is 341 g/mol. The number of anilines is 2. The lowest BCUT2D eigenvalue weighted by Gasteiger charge is -2.28. The van der Waals surface area contributed by atoms with Crippen molar-refractivity contribution >= 4 is 11.5 Å². The molecule has 0 bridgehead atoms. The van der Waals surface area contributed by atoms with Crippen molar-refractivity contribution in [1.82, 2.24) is 4.57 Å². The van der Waals surface area contributed by atoms with E-state index in [0.29, 0.717) is 0 Å². The lowest BCUT2D eigenvalue weighted by molar-refractivity contribution is 0.619. The van der Waals surface area contributed by atoms with Crippen LogP contribution in [0.2, 0.25) is 0 Å². The molecule has 0 amide bonds. The number of aromatic nitrogens is 1. The van der Waals surface area contributed by atoms with Crippen molar-refractivity contribution in [3.05, 3.63) is 41.6 Å². The van der Waals surface area contributed by atoms with Crippen LogP contribution in [0.5, 0.6) is 0 Å². The molecule has 138 valence electrons. The molecule has 0 saturated carbocycles. The van der Waals surface area contributed by atoms with Crippen LogP contribution in [0.15, 0.2) is 30.3 Å². The highest BCUT2D eigenvalue weighted by atomic mass is 15.2. The molecular weight excluding hydrogens is 306 g/mol. The van der Waals surface area contributed by atoms with E-state index in [1.807, 2.05) is 0 Å². The van der Waals surface area contributed by atoms with Gasteiger partial charge >= 0.3 is 0 Å². The lowest BCUT2D eigenvalue weighted by Crippen LogP contribution is -2.31. The van der Waals surface area contributed by atoms with Gasteiger partial charge in [-0.1, -0.05) is 32.0 Å². The largest absolute Gasteiger partial charge is 0.377 e. The average Bonchev–Trinajstić information content (AvgIpc) is 2.77. The summed E-state index contributed by atoms with van der Waals surface area (Å²) < 4.78 is 2.40. The first-order valence-corrected chi connectivity index (χ1v) is 9.45. The maximum atomic E-state index is 3.77. The number of benzene rings is 1. The van der Waals surface area contributed by atoms with Crippen molar-refractivity contribution in [2.75, 3.05) is 10.6 Å². The summed E-state index contributed by atoms with van der Waals surface area (Å²) in [6.07, 6.45) is 2.02. The molecule has 3 nitrogen and oxygen atoms in total. The zero-order valence-electron chi connectivity index (χ0n) is 17.2. The van der Waals surface area contributed by atoms with Crippen LogP contribution in [-0.2, 0) is 12.8 Å². The molecule has 0 saturated heterocycles. The van der Waals surface area contributed by atoms with Gasteiger partial charge in [0.15, 0.2) is 0 Å². The number of nitrogens with zero attached hydrogens (tertiary/aromatic N) is 1. The molecule has 0 fully saturated rings. The molecule has 0 atom stereocenters. The molecule has 0 radical (unpaired) electrons. The number of hydrogen-bond donors (Lipinski definition) is 2. The van der Waals surface area contributed by atoms with Crippen LogP contribution in [-0.4, -0.2) is 15.6 Å². The van der Waals surface area contributed by atoms with Crippen LogP contribution < -0.4 is 10.6 Å².